The smallest absolute Gasteiger partial charge is 0.133 e. The van der Waals surface area contributed by atoms with Crippen molar-refractivity contribution in [1.82, 2.24) is 0 Å². The van der Waals surface area contributed by atoms with Crippen LogP contribution < -0.4 is 15.2 Å². The van der Waals surface area contributed by atoms with Crippen LogP contribution in [0.4, 0.5) is 5.69 Å². The molecule has 3 nitrogen and oxygen atoms in total. The third-order valence-corrected chi connectivity index (χ3v) is 3.31. The molecule has 0 bridgehead atoms. The van der Waals surface area contributed by atoms with Gasteiger partial charge >= 0.3 is 0 Å². The lowest BCUT2D eigenvalue weighted by atomic mass is 10.2. The van der Waals surface area contributed by atoms with Crippen molar-refractivity contribution in [2.24, 2.45) is 0 Å². The second-order valence-electron chi connectivity index (χ2n) is 4.68. The Morgan fingerprint density at radius 3 is 2.20 bits per heavy atom. The molecule has 106 valence electrons. The maximum Gasteiger partial charge on any atom is 0.133 e. The summed E-state index contributed by atoms with van der Waals surface area (Å²) in [6, 6.07) is 13.4. The van der Waals surface area contributed by atoms with E-state index in [-0.39, 0.29) is 6.10 Å². The van der Waals surface area contributed by atoms with E-state index in [4.69, 9.17) is 15.2 Å². The number of rotatable bonds is 5. The normalized spacial score (nSPS) is 10.6. The molecule has 0 saturated carbocycles. The molecule has 20 heavy (non-hydrogen) atoms. The van der Waals surface area contributed by atoms with Crippen LogP contribution in [-0.2, 0) is 0 Å². The van der Waals surface area contributed by atoms with E-state index in [1.165, 1.54) is 4.90 Å². The van der Waals surface area contributed by atoms with E-state index in [1.54, 1.807) is 23.9 Å². The molecule has 0 aromatic heterocycles. The number of nitrogens with two attached hydrogens (primary N) is 1. The third-order valence-electron chi connectivity index (χ3n) is 2.57. The lowest BCUT2D eigenvalue weighted by Gasteiger charge is -2.13. The van der Waals surface area contributed by atoms with Crippen LogP contribution in [0.5, 0.6) is 17.2 Å². The summed E-state index contributed by atoms with van der Waals surface area (Å²) in [5.74, 6) is 2.18. The Morgan fingerprint density at radius 2 is 1.60 bits per heavy atom. The monoisotopic (exact) mass is 289 g/mol. The molecule has 2 aromatic carbocycles. The minimum absolute atomic E-state index is 0.102. The molecule has 0 amide bonds. The average molecular weight is 289 g/mol. The van der Waals surface area contributed by atoms with Gasteiger partial charge in [-0.2, -0.15) is 0 Å². The molecule has 0 unspecified atom stereocenters. The predicted octanol–water partition coefficient (Wildman–Crippen LogP) is 4.57. The Morgan fingerprint density at radius 1 is 0.950 bits per heavy atom. The third kappa shape index (κ3) is 4.10. The van der Waals surface area contributed by atoms with Crippen molar-refractivity contribution in [3.05, 3.63) is 42.5 Å². The number of anilines is 1. The molecule has 0 heterocycles. The van der Waals surface area contributed by atoms with E-state index >= 15 is 0 Å². The Labute approximate surface area is 124 Å². The Hall–Kier alpha value is -1.81. The van der Waals surface area contributed by atoms with Gasteiger partial charge in [-0.25, -0.2) is 0 Å². The molecule has 0 spiro atoms. The summed E-state index contributed by atoms with van der Waals surface area (Å²) in [6.45, 7) is 3.95. The molecule has 0 saturated heterocycles. The number of hydrogen-bond donors (Lipinski definition) is 1. The van der Waals surface area contributed by atoms with Gasteiger partial charge in [0.1, 0.15) is 17.2 Å². The molecular formula is C16H19NO2S. The van der Waals surface area contributed by atoms with Crippen molar-refractivity contribution >= 4 is 17.4 Å². The Bertz CT molecular complexity index is 567. The highest BCUT2D eigenvalue weighted by molar-refractivity contribution is 7.98. The van der Waals surface area contributed by atoms with Gasteiger partial charge < -0.3 is 15.2 Å². The van der Waals surface area contributed by atoms with Gasteiger partial charge in [-0.1, -0.05) is 0 Å². The van der Waals surface area contributed by atoms with Crippen molar-refractivity contribution in [3.63, 3.8) is 0 Å². The highest BCUT2D eigenvalue weighted by Gasteiger charge is 2.04. The SMILES string of the molecule is CSc1ccc(Oc2cc(N)cc(OC(C)C)c2)cc1. The van der Waals surface area contributed by atoms with E-state index in [1.807, 2.05) is 50.4 Å². The van der Waals surface area contributed by atoms with Crippen LogP contribution in [0.25, 0.3) is 0 Å². The minimum Gasteiger partial charge on any atom is -0.491 e. The van der Waals surface area contributed by atoms with Crippen LogP contribution in [0.2, 0.25) is 0 Å². The topological polar surface area (TPSA) is 44.5 Å². The molecule has 0 aliphatic carbocycles. The number of benzene rings is 2. The standard InChI is InChI=1S/C16H19NO2S/c1-11(2)18-14-8-12(17)9-15(10-14)19-13-4-6-16(20-3)7-5-13/h4-11H,17H2,1-3H3. The maximum absolute atomic E-state index is 5.87. The quantitative estimate of drug-likeness (QED) is 0.647. The lowest BCUT2D eigenvalue weighted by Crippen LogP contribution is -2.05. The minimum atomic E-state index is 0.102. The first kappa shape index (κ1) is 14.6. The van der Waals surface area contributed by atoms with Crippen LogP contribution >= 0.6 is 11.8 Å². The van der Waals surface area contributed by atoms with Crippen molar-refractivity contribution in [3.8, 4) is 17.2 Å². The molecule has 0 aliphatic rings. The fraction of sp³-hybridized carbons (Fsp3) is 0.250. The van der Waals surface area contributed by atoms with Gasteiger partial charge in [-0.05, 0) is 44.4 Å². The van der Waals surface area contributed by atoms with Crippen molar-refractivity contribution in [2.45, 2.75) is 24.8 Å². The van der Waals surface area contributed by atoms with Crippen molar-refractivity contribution in [1.29, 1.82) is 0 Å². The molecule has 4 heteroatoms. The molecule has 0 atom stereocenters. The lowest BCUT2D eigenvalue weighted by molar-refractivity contribution is 0.242. The van der Waals surface area contributed by atoms with Gasteiger partial charge in [0.25, 0.3) is 0 Å². The van der Waals surface area contributed by atoms with Crippen LogP contribution in [-0.4, -0.2) is 12.4 Å². The number of ether oxygens (including phenoxy) is 2. The van der Waals surface area contributed by atoms with Gasteiger partial charge in [0.05, 0.1) is 6.10 Å². The first-order chi connectivity index (χ1) is 9.56. The Balaban J connectivity index is 2.17. The van der Waals surface area contributed by atoms with Crippen LogP contribution in [0.3, 0.4) is 0 Å². The largest absolute Gasteiger partial charge is 0.491 e. The molecule has 2 rings (SSSR count). The summed E-state index contributed by atoms with van der Waals surface area (Å²) >= 11 is 1.70. The highest BCUT2D eigenvalue weighted by atomic mass is 32.2. The first-order valence-corrected chi connectivity index (χ1v) is 7.68. The van der Waals surface area contributed by atoms with Crippen LogP contribution in [0, 0.1) is 0 Å². The summed E-state index contributed by atoms with van der Waals surface area (Å²) in [7, 11) is 0. The van der Waals surface area contributed by atoms with Gasteiger partial charge in [0, 0.05) is 28.8 Å². The van der Waals surface area contributed by atoms with Gasteiger partial charge in [0.2, 0.25) is 0 Å². The number of hydrogen-bond acceptors (Lipinski definition) is 4. The van der Waals surface area contributed by atoms with E-state index in [0.29, 0.717) is 11.4 Å². The molecular weight excluding hydrogens is 270 g/mol. The molecule has 0 radical (unpaired) electrons. The highest BCUT2D eigenvalue weighted by Crippen LogP contribution is 2.30. The fourth-order valence-electron chi connectivity index (χ4n) is 1.77. The van der Waals surface area contributed by atoms with Crippen molar-refractivity contribution < 1.29 is 9.47 Å². The summed E-state index contributed by atoms with van der Waals surface area (Å²) in [6.07, 6.45) is 2.15. The van der Waals surface area contributed by atoms with Gasteiger partial charge in [0.15, 0.2) is 0 Å². The molecule has 2 aromatic rings. The summed E-state index contributed by atoms with van der Waals surface area (Å²) in [4.78, 5) is 1.20. The summed E-state index contributed by atoms with van der Waals surface area (Å²) < 4.78 is 11.5. The zero-order valence-electron chi connectivity index (χ0n) is 11.9. The van der Waals surface area contributed by atoms with Gasteiger partial charge in [-0.15, -0.1) is 11.8 Å². The first-order valence-electron chi connectivity index (χ1n) is 6.46. The fourth-order valence-corrected chi connectivity index (χ4v) is 2.18. The summed E-state index contributed by atoms with van der Waals surface area (Å²) in [5, 5.41) is 0. The number of nitrogen functional groups attached to an aromatic ring is 1. The number of thioether (sulfide) groups is 1. The molecule has 2 N–H and O–H groups in total. The van der Waals surface area contributed by atoms with E-state index in [9.17, 15) is 0 Å². The predicted molar refractivity (Wildman–Crippen MR) is 84.9 cm³/mol. The van der Waals surface area contributed by atoms with Crippen LogP contribution in [0.1, 0.15) is 13.8 Å². The molecule has 0 aliphatic heterocycles. The second-order valence-corrected chi connectivity index (χ2v) is 5.56. The second kappa shape index (κ2) is 6.57. The van der Waals surface area contributed by atoms with E-state index < -0.39 is 0 Å². The molecule has 0 fully saturated rings. The average Bonchev–Trinajstić information content (AvgIpc) is 2.38. The van der Waals surface area contributed by atoms with E-state index in [0.717, 1.165) is 11.5 Å². The van der Waals surface area contributed by atoms with E-state index in [2.05, 4.69) is 0 Å². The summed E-state index contributed by atoms with van der Waals surface area (Å²) in [5.41, 5.74) is 6.50. The van der Waals surface area contributed by atoms with Gasteiger partial charge in [-0.3, -0.25) is 0 Å². The van der Waals surface area contributed by atoms with Crippen molar-refractivity contribution in [2.75, 3.05) is 12.0 Å². The zero-order valence-corrected chi connectivity index (χ0v) is 12.7. The Kier molecular flexibility index (Phi) is 4.79. The maximum atomic E-state index is 5.87. The zero-order chi connectivity index (χ0) is 14.5. The van der Waals surface area contributed by atoms with Crippen LogP contribution in [0.15, 0.2) is 47.4 Å².